The van der Waals surface area contributed by atoms with E-state index in [2.05, 4.69) is 359 Å². The van der Waals surface area contributed by atoms with Crippen molar-refractivity contribution >= 4 is 76.2 Å². The van der Waals surface area contributed by atoms with Crippen molar-refractivity contribution in [2.24, 2.45) is 0 Å². The van der Waals surface area contributed by atoms with Crippen LogP contribution in [0.2, 0.25) is 0 Å². The van der Waals surface area contributed by atoms with Crippen LogP contribution in [0.25, 0.3) is 165 Å². The van der Waals surface area contributed by atoms with E-state index < -0.39 is 0 Å². The van der Waals surface area contributed by atoms with Gasteiger partial charge in [-0.15, -0.1) is 0 Å². The van der Waals surface area contributed by atoms with Crippen LogP contribution in [0.3, 0.4) is 0 Å². The van der Waals surface area contributed by atoms with Gasteiger partial charge in [0, 0.05) is 43.1 Å². The zero-order chi connectivity index (χ0) is 65.9. The SMILES string of the molecule is CC(C)(C)c1cc(-c2ccc3c4c5c6cc(-c7c(-c8ccccc8)cccc7-c7ccccc7)ccc6n6c7cc(-c8cc(C(C)(C)C)cc(C(C)(C)C)c8)ccc7c(c7c8cc(-c9c(-c%10ccccc%10)cccc9-c9ccccc9)ccc8n(c3c2)c74)c56)cc(C(C)(C)C)c1. The zero-order valence-corrected chi connectivity index (χ0v) is 57.3. The Hall–Kier alpha value is -10.5. The van der Waals surface area contributed by atoms with Crippen molar-refractivity contribution in [2.45, 2.75) is 105 Å². The second-order valence-corrected chi connectivity index (χ2v) is 31.3. The smallest absolute Gasteiger partial charge is 0.0634 e. The van der Waals surface area contributed by atoms with Crippen LogP contribution in [0.1, 0.15) is 105 Å². The summed E-state index contributed by atoms with van der Waals surface area (Å²) in [5.41, 5.74) is 32.0. The summed E-state index contributed by atoms with van der Waals surface area (Å²) < 4.78 is 5.34. The van der Waals surface area contributed by atoms with Gasteiger partial charge in [-0.25, -0.2) is 0 Å². The molecular formula is C94H80N2. The highest BCUT2D eigenvalue weighted by Gasteiger charge is 2.32. The highest BCUT2D eigenvalue weighted by atomic mass is 14.9. The molecule has 0 bridgehead atoms. The van der Waals surface area contributed by atoms with Crippen LogP contribution < -0.4 is 0 Å². The first kappa shape index (κ1) is 59.2. The number of aromatic nitrogens is 2. The number of benzene rings is 13. The van der Waals surface area contributed by atoms with Crippen LogP contribution in [0.15, 0.2) is 267 Å². The molecule has 0 atom stereocenters. The summed E-state index contributed by atoms with van der Waals surface area (Å²) in [5, 5.41) is 10.2. The molecular weight excluding hydrogens is 1160 g/mol. The lowest BCUT2D eigenvalue weighted by molar-refractivity contribution is 0.568. The first-order chi connectivity index (χ1) is 46.2. The van der Waals surface area contributed by atoms with Crippen molar-refractivity contribution in [3.05, 3.63) is 289 Å². The number of rotatable bonds is 8. The summed E-state index contributed by atoms with van der Waals surface area (Å²) in [6.45, 7) is 28.2. The third-order valence-electron chi connectivity index (χ3n) is 21.0. The fourth-order valence-electron chi connectivity index (χ4n) is 15.8. The van der Waals surface area contributed by atoms with Gasteiger partial charge in [0.25, 0.3) is 0 Å². The van der Waals surface area contributed by atoms with E-state index in [-0.39, 0.29) is 21.7 Å². The number of nitrogens with zero attached hydrogens (tertiary/aromatic N) is 2. The first-order valence-corrected chi connectivity index (χ1v) is 34.4. The van der Waals surface area contributed by atoms with E-state index in [0.717, 1.165) is 0 Å². The van der Waals surface area contributed by atoms with Crippen LogP contribution in [0.5, 0.6) is 0 Å². The van der Waals surface area contributed by atoms with E-state index in [1.165, 1.54) is 187 Å². The first-order valence-electron chi connectivity index (χ1n) is 34.4. The van der Waals surface area contributed by atoms with Crippen LogP contribution in [-0.4, -0.2) is 8.80 Å². The van der Waals surface area contributed by atoms with Gasteiger partial charge in [-0.05, 0) is 169 Å². The maximum Gasteiger partial charge on any atom is 0.0634 e. The Bertz CT molecular complexity index is 5380. The maximum absolute atomic E-state index is 2.67. The molecule has 13 aromatic carbocycles. The van der Waals surface area contributed by atoms with Crippen molar-refractivity contribution < 1.29 is 0 Å². The Morgan fingerprint density at radius 3 is 0.771 bits per heavy atom. The molecule has 4 aromatic heterocycles. The fraction of sp³-hybridized carbons (Fsp3) is 0.170. The topological polar surface area (TPSA) is 8.82 Å². The summed E-state index contributed by atoms with van der Waals surface area (Å²) in [4.78, 5) is 0. The second kappa shape index (κ2) is 21.5. The molecule has 0 saturated heterocycles. The highest BCUT2D eigenvalue weighted by molar-refractivity contribution is 6.45. The molecule has 0 N–H and O–H groups in total. The van der Waals surface area contributed by atoms with Gasteiger partial charge in [-0.3, -0.25) is 0 Å². The molecule has 0 amide bonds. The van der Waals surface area contributed by atoms with E-state index in [4.69, 9.17) is 0 Å². The predicted octanol–water partition coefficient (Wildman–Crippen LogP) is 26.5. The quantitative estimate of drug-likeness (QED) is 0.143. The molecule has 0 saturated carbocycles. The lowest BCUT2D eigenvalue weighted by Crippen LogP contribution is -2.16. The zero-order valence-electron chi connectivity index (χ0n) is 57.3. The Kier molecular flexibility index (Phi) is 13.3. The molecule has 0 radical (unpaired) electrons. The molecule has 17 aromatic rings. The van der Waals surface area contributed by atoms with Gasteiger partial charge >= 0.3 is 0 Å². The molecule has 0 unspecified atom stereocenters. The number of hydrogen-bond donors (Lipinski definition) is 0. The van der Waals surface area contributed by atoms with E-state index >= 15 is 0 Å². The van der Waals surface area contributed by atoms with Gasteiger partial charge in [0.05, 0.1) is 33.1 Å². The third kappa shape index (κ3) is 9.42. The molecule has 2 heteroatoms. The summed E-state index contributed by atoms with van der Waals surface area (Å²) in [5.74, 6) is 0. The van der Waals surface area contributed by atoms with Gasteiger partial charge < -0.3 is 8.80 Å². The largest absolute Gasteiger partial charge is 0.308 e. The molecule has 96 heavy (non-hydrogen) atoms. The minimum atomic E-state index is -0.0435. The van der Waals surface area contributed by atoms with Crippen LogP contribution in [0.4, 0.5) is 0 Å². The summed E-state index contributed by atoms with van der Waals surface area (Å²) in [6, 6.07) is 102. The van der Waals surface area contributed by atoms with Gasteiger partial charge in [0.2, 0.25) is 0 Å². The van der Waals surface area contributed by atoms with E-state index in [0.29, 0.717) is 0 Å². The third-order valence-corrected chi connectivity index (χ3v) is 21.0. The molecule has 0 fully saturated rings. The van der Waals surface area contributed by atoms with Crippen molar-refractivity contribution in [1.29, 1.82) is 0 Å². The van der Waals surface area contributed by atoms with E-state index in [1.54, 1.807) is 0 Å². The van der Waals surface area contributed by atoms with Crippen LogP contribution in [0, 0.1) is 0 Å². The molecule has 2 nitrogen and oxygen atoms in total. The lowest BCUT2D eigenvalue weighted by Gasteiger charge is -2.26. The maximum atomic E-state index is 2.67. The summed E-state index contributed by atoms with van der Waals surface area (Å²) >= 11 is 0. The standard InChI is InChI=1S/C94H80N2/c1-91(2,3)67-47-65(48-68(55-67)92(4,5)6)61-39-43-75-81(53-61)95-79-45-41-63(83-71(57-27-17-13-18-28-57)35-25-36-72(83)58-29-19-14-20-30-58)51-77(79)88-86-76-44-40-62(66-49-69(93(7,8)9)56-70(50-66)94(10,11)12)54-82(76)96-80-46-42-64(52-78(80)87(90(86)96)85(75)89(88)95)84-73(59-31-21-15-22-32-59)37-26-38-74(84)60-33-23-16-24-34-60/h13-56H,1-12H3. The van der Waals surface area contributed by atoms with Crippen molar-refractivity contribution in [2.75, 3.05) is 0 Å². The average molecular weight is 1240 g/mol. The lowest BCUT2D eigenvalue weighted by atomic mass is 9.79. The molecule has 466 valence electrons. The molecule has 0 aliphatic carbocycles. The average Bonchev–Trinajstić information content (AvgIpc) is 1.49. The summed E-state index contributed by atoms with van der Waals surface area (Å²) in [7, 11) is 0. The normalized spacial score (nSPS) is 12.8. The summed E-state index contributed by atoms with van der Waals surface area (Å²) in [6.07, 6.45) is 0. The van der Waals surface area contributed by atoms with Gasteiger partial charge in [0.1, 0.15) is 0 Å². The molecule has 0 aliphatic heterocycles. The fourth-order valence-corrected chi connectivity index (χ4v) is 15.8. The number of fused-ring (bicyclic) bond motifs is 14. The minimum absolute atomic E-state index is 0.0435. The second-order valence-electron chi connectivity index (χ2n) is 31.3. The Morgan fingerprint density at radius 1 is 0.198 bits per heavy atom. The van der Waals surface area contributed by atoms with Crippen molar-refractivity contribution in [1.82, 2.24) is 8.80 Å². The number of hydrogen-bond acceptors (Lipinski definition) is 0. The van der Waals surface area contributed by atoms with Gasteiger partial charge in [-0.2, -0.15) is 0 Å². The minimum Gasteiger partial charge on any atom is -0.308 e. The molecule has 0 spiro atoms. The van der Waals surface area contributed by atoms with Crippen molar-refractivity contribution in [3.63, 3.8) is 0 Å². The Balaban J connectivity index is 1.06. The van der Waals surface area contributed by atoms with Gasteiger partial charge in [0.15, 0.2) is 0 Å². The van der Waals surface area contributed by atoms with Crippen LogP contribution in [-0.2, 0) is 21.7 Å². The Morgan fingerprint density at radius 2 is 0.479 bits per heavy atom. The van der Waals surface area contributed by atoms with Crippen molar-refractivity contribution in [3.8, 4) is 89.0 Å². The highest BCUT2D eigenvalue weighted by Crippen LogP contribution is 2.55. The monoisotopic (exact) mass is 1240 g/mol. The van der Waals surface area contributed by atoms with E-state index in [1.807, 2.05) is 0 Å². The molecule has 0 aliphatic rings. The Labute approximate surface area is 564 Å². The van der Waals surface area contributed by atoms with Gasteiger partial charge in [-0.1, -0.05) is 314 Å². The van der Waals surface area contributed by atoms with E-state index in [9.17, 15) is 0 Å². The van der Waals surface area contributed by atoms with Crippen LogP contribution >= 0.6 is 0 Å². The predicted molar refractivity (Wildman–Crippen MR) is 414 cm³/mol. The molecule has 17 rings (SSSR count). The molecule has 4 heterocycles.